The van der Waals surface area contributed by atoms with Crippen molar-refractivity contribution in [1.82, 2.24) is 15.5 Å². The second-order valence-electron chi connectivity index (χ2n) is 9.34. The molecule has 2 aliphatic carbocycles. The number of benzene rings is 1. The maximum atomic E-state index is 13.4. The molecule has 5 rings (SSSR count). The summed E-state index contributed by atoms with van der Waals surface area (Å²) in [4.78, 5) is 27.5. The number of halogens is 3. The molecule has 2 atom stereocenters. The Balaban J connectivity index is 1.51. The lowest BCUT2D eigenvalue weighted by Gasteiger charge is -2.39. The number of fused-ring (bicyclic) bond motifs is 2. The number of rotatable bonds is 4. The summed E-state index contributed by atoms with van der Waals surface area (Å²) in [6.45, 7) is 1.97. The Bertz CT molecular complexity index is 1280. The van der Waals surface area contributed by atoms with Gasteiger partial charge in [-0.05, 0) is 60.8 Å². The summed E-state index contributed by atoms with van der Waals surface area (Å²) in [6.07, 6.45) is 1.39. The maximum Gasteiger partial charge on any atom is 0.439 e. The Kier molecular flexibility index (Phi) is 5.37. The molecular weight excluding hydrogens is 447 g/mol. The molecule has 1 aromatic heterocycles. The minimum atomic E-state index is -4.16. The van der Waals surface area contributed by atoms with Gasteiger partial charge in [0.05, 0.1) is 11.1 Å². The molecule has 0 radical (unpaired) electrons. The fraction of sp³-hybridized carbons (Fsp3) is 0.400. The van der Waals surface area contributed by atoms with Gasteiger partial charge in [-0.15, -0.1) is 0 Å². The molecule has 1 fully saturated rings. The molecule has 1 unspecified atom stereocenters. The van der Waals surface area contributed by atoms with E-state index in [-0.39, 0.29) is 29.6 Å². The van der Waals surface area contributed by atoms with Crippen LogP contribution in [0.15, 0.2) is 56.9 Å². The number of allylic oxidation sites excluding steroid dienone is 2. The lowest BCUT2D eigenvalue weighted by atomic mass is 9.75. The summed E-state index contributed by atoms with van der Waals surface area (Å²) in [7, 11) is 0. The maximum absolute atomic E-state index is 13.4. The topological polar surface area (TPSA) is 88.0 Å². The van der Waals surface area contributed by atoms with E-state index in [9.17, 15) is 22.8 Å². The van der Waals surface area contributed by atoms with Crippen LogP contribution in [0.2, 0.25) is 0 Å². The standard InChI is InChI=1S/C25H24F3N3O3/c1-14-2-5-16(6-3-14)18-13-24(30-22(32)20(18)21-29-23(33)34-31-21)10-9-17-12-15(4-7-19(17)24)8-11-25(26,27)28/h2-3,5-7,12,15H,4,8-11,13H2,1H3,(H,30,32)(H,29,31,33)/t15?,24-/m0/s1. The summed E-state index contributed by atoms with van der Waals surface area (Å²) >= 11 is 0. The van der Waals surface area contributed by atoms with Crippen LogP contribution in [0.25, 0.3) is 11.1 Å². The molecule has 0 saturated heterocycles. The molecule has 1 aromatic carbocycles. The van der Waals surface area contributed by atoms with Crippen LogP contribution in [0.3, 0.4) is 0 Å². The van der Waals surface area contributed by atoms with E-state index in [0.717, 1.165) is 27.8 Å². The number of hydrogen-bond donors (Lipinski definition) is 2. The van der Waals surface area contributed by atoms with Gasteiger partial charge in [0.25, 0.3) is 5.91 Å². The van der Waals surface area contributed by atoms with Gasteiger partial charge in [0.2, 0.25) is 0 Å². The predicted molar refractivity (Wildman–Crippen MR) is 119 cm³/mol. The van der Waals surface area contributed by atoms with Gasteiger partial charge >= 0.3 is 11.9 Å². The van der Waals surface area contributed by atoms with E-state index in [1.807, 2.05) is 43.3 Å². The quantitative estimate of drug-likeness (QED) is 0.667. The van der Waals surface area contributed by atoms with Crippen LogP contribution >= 0.6 is 0 Å². The van der Waals surface area contributed by atoms with Gasteiger partial charge in [0.1, 0.15) is 0 Å². The van der Waals surface area contributed by atoms with Gasteiger partial charge < -0.3 is 5.32 Å². The van der Waals surface area contributed by atoms with Gasteiger partial charge in [-0.1, -0.05) is 47.1 Å². The third kappa shape index (κ3) is 4.15. The first-order valence-corrected chi connectivity index (χ1v) is 11.3. The number of nitrogens with zero attached hydrogens (tertiary/aromatic N) is 1. The highest BCUT2D eigenvalue weighted by Gasteiger charge is 2.48. The van der Waals surface area contributed by atoms with Crippen molar-refractivity contribution in [3.63, 3.8) is 0 Å². The highest BCUT2D eigenvalue weighted by atomic mass is 19.4. The number of H-pyrrole nitrogens is 1. The molecule has 1 amide bonds. The molecule has 1 spiro atoms. The van der Waals surface area contributed by atoms with Crippen molar-refractivity contribution >= 4 is 17.1 Å². The third-order valence-corrected chi connectivity index (χ3v) is 6.98. The fourth-order valence-electron chi connectivity index (χ4n) is 5.35. The molecule has 6 nitrogen and oxygen atoms in total. The molecule has 0 bridgehead atoms. The average molecular weight is 471 g/mol. The van der Waals surface area contributed by atoms with Gasteiger partial charge in [-0.2, -0.15) is 13.2 Å². The van der Waals surface area contributed by atoms with Crippen LogP contribution in [0.1, 0.15) is 55.5 Å². The zero-order valence-electron chi connectivity index (χ0n) is 18.6. The Morgan fingerprint density at radius 1 is 1.21 bits per heavy atom. The molecule has 2 N–H and O–H groups in total. The van der Waals surface area contributed by atoms with Crippen LogP contribution < -0.4 is 11.1 Å². The Morgan fingerprint density at radius 2 is 1.97 bits per heavy atom. The first kappa shape index (κ1) is 22.4. The third-order valence-electron chi connectivity index (χ3n) is 6.98. The SMILES string of the molecule is Cc1ccc(C2=C(c3noc(=O)[nH]3)C(=O)N[C@@]3(CCC4=CC(CCC(F)(F)F)CC=C43)C2)cc1. The average Bonchev–Trinajstić information content (AvgIpc) is 3.35. The van der Waals surface area contributed by atoms with Crippen LogP contribution in [0, 0.1) is 12.8 Å². The number of nitrogens with one attached hydrogen (secondary N) is 2. The number of aromatic amines is 1. The first-order valence-electron chi connectivity index (χ1n) is 11.3. The molecule has 34 heavy (non-hydrogen) atoms. The zero-order chi connectivity index (χ0) is 24.1. The fourth-order valence-corrected chi connectivity index (χ4v) is 5.35. The summed E-state index contributed by atoms with van der Waals surface area (Å²) in [6, 6.07) is 7.78. The van der Waals surface area contributed by atoms with E-state index in [1.165, 1.54) is 0 Å². The summed E-state index contributed by atoms with van der Waals surface area (Å²) in [5.41, 5.74) is 4.27. The van der Waals surface area contributed by atoms with Crippen LogP contribution in [-0.4, -0.2) is 27.8 Å². The van der Waals surface area contributed by atoms with Crippen molar-refractivity contribution < 1.29 is 22.5 Å². The molecule has 9 heteroatoms. The van der Waals surface area contributed by atoms with Gasteiger partial charge in [-0.3, -0.25) is 14.3 Å². The largest absolute Gasteiger partial charge is 0.439 e. The van der Waals surface area contributed by atoms with Crippen molar-refractivity contribution in [2.45, 2.75) is 57.2 Å². The van der Waals surface area contributed by atoms with Crippen LogP contribution in [-0.2, 0) is 4.79 Å². The van der Waals surface area contributed by atoms with Crippen molar-refractivity contribution in [3.8, 4) is 0 Å². The Labute approximate surface area is 193 Å². The second-order valence-corrected chi connectivity index (χ2v) is 9.34. The Morgan fingerprint density at radius 3 is 2.65 bits per heavy atom. The van der Waals surface area contributed by atoms with E-state index in [2.05, 4.69) is 20.0 Å². The smallest absolute Gasteiger partial charge is 0.342 e. The minimum Gasteiger partial charge on any atom is -0.342 e. The van der Waals surface area contributed by atoms with E-state index in [4.69, 9.17) is 0 Å². The normalized spacial score (nSPS) is 24.7. The summed E-state index contributed by atoms with van der Waals surface area (Å²) in [5.74, 6) is -1.19. The molecule has 1 aliphatic heterocycles. The van der Waals surface area contributed by atoms with Crippen molar-refractivity contribution in [3.05, 3.63) is 75.1 Å². The molecular formula is C25H24F3N3O3. The van der Waals surface area contributed by atoms with Gasteiger partial charge in [-0.25, -0.2) is 4.79 Å². The molecule has 3 aliphatic rings. The number of amides is 1. The molecule has 1 saturated carbocycles. The number of alkyl halides is 3. The molecule has 178 valence electrons. The van der Waals surface area contributed by atoms with E-state index < -0.39 is 23.9 Å². The molecule has 2 heterocycles. The highest BCUT2D eigenvalue weighted by molar-refractivity contribution is 6.27. The monoisotopic (exact) mass is 471 g/mol. The first-order chi connectivity index (χ1) is 16.1. The van der Waals surface area contributed by atoms with Crippen LogP contribution in [0.4, 0.5) is 13.2 Å². The minimum absolute atomic E-state index is 0.0638. The van der Waals surface area contributed by atoms with E-state index >= 15 is 0 Å². The predicted octanol–water partition coefficient (Wildman–Crippen LogP) is 4.85. The summed E-state index contributed by atoms with van der Waals surface area (Å²) in [5, 5.41) is 6.89. The van der Waals surface area contributed by atoms with E-state index in [1.54, 1.807) is 0 Å². The van der Waals surface area contributed by atoms with E-state index in [0.29, 0.717) is 25.7 Å². The van der Waals surface area contributed by atoms with Crippen molar-refractivity contribution in [2.24, 2.45) is 5.92 Å². The van der Waals surface area contributed by atoms with Crippen molar-refractivity contribution in [2.75, 3.05) is 0 Å². The Hall–Kier alpha value is -3.36. The zero-order valence-corrected chi connectivity index (χ0v) is 18.6. The number of hydrogen-bond acceptors (Lipinski definition) is 4. The summed E-state index contributed by atoms with van der Waals surface area (Å²) < 4.78 is 42.7. The van der Waals surface area contributed by atoms with Gasteiger partial charge in [0, 0.05) is 12.8 Å². The number of aromatic nitrogens is 2. The number of carbonyl (C=O) groups excluding carboxylic acids is 1. The second kappa shape index (κ2) is 8.14. The lowest BCUT2D eigenvalue weighted by molar-refractivity contribution is -0.136. The lowest BCUT2D eigenvalue weighted by Crippen LogP contribution is -2.51. The van der Waals surface area contributed by atoms with Crippen LogP contribution in [0.5, 0.6) is 0 Å². The number of carbonyl (C=O) groups is 1. The van der Waals surface area contributed by atoms with Crippen molar-refractivity contribution in [1.29, 1.82) is 0 Å². The van der Waals surface area contributed by atoms with Gasteiger partial charge in [0.15, 0.2) is 5.82 Å². The highest BCUT2D eigenvalue weighted by Crippen LogP contribution is 2.50. The molecule has 2 aromatic rings. The number of aryl methyl sites for hydroxylation is 1.